The van der Waals surface area contributed by atoms with Crippen molar-refractivity contribution in [3.63, 3.8) is 0 Å². The van der Waals surface area contributed by atoms with E-state index in [1.807, 2.05) is 55.7 Å². The lowest BCUT2D eigenvalue weighted by molar-refractivity contribution is 0.524. The second-order valence-corrected chi connectivity index (χ2v) is 3.53. The lowest BCUT2D eigenvalue weighted by atomic mass is 10.3. The zero-order valence-corrected chi connectivity index (χ0v) is 10.2. The van der Waals surface area contributed by atoms with E-state index >= 15 is 0 Å². The summed E-state index contributed by atoms with van der Waals surface area (Å²) in [6.45, 7) is 3.89. The Morgan fingerprint density at radius 1 is 1.35 bits per heavy atom. The fraction of sp³-hybridized carbons (Fsp3) is 0.167. The Bertz CT molecular complexity index is 382. The minimum atomic E-state index is 0.730. The average molecular weight is 233 g/mol. The van der Waals surface area contributed by atoms with E-state index in [0.29, 0.717) is 0 Å². The number of nitrogens with zero attached hydrogens (tertiary/aromatic N) is 1. The maximum absolute atomic E-state index is 5.60. The number of anilines is 2. The van der Waals surface area contributed by atoms with E-state index < -0.39 is 0 Å². The van der Waals surface area contributed by atoms with Crippen LogP contribution in [0.4, 0.5) is 11.4 Å². The number of hydrogen-bond donors (Lipinski definition) is 4. The molecule has 0 atom stereocenters. The highest BCUT2D eigenvalue weighted by molar-refractivity contribution is 5.50. The van der Waals surface area contributed by atoms with Crippen LogP contribution < -0.4 is 21.9 Å². The van der Waals surface area contributed by atoms with Gasteiger partial charge in [-0.3, -0.25) is 10.9 Å². The van der Waals surface area contributed by atoms with Gasteiger partial charge < -0.3 is 16.0 Å². The number of hydrogen-bond acceptors (Lipinski definition) is 5. The summed E-state index contributed by atoms with van der Waals surface area (Å²) in [5, 5.41) is 2.91. The molecule has 92 valence electrons. The molecule has 0 saturated carbocycles. The summed E-state index contributed by atoms with van der Waals surface area (Å²) in [5.74, 6) is 0.730. The number of nitrogens with two attached hydrogens (primary N) is 1. The van der Waals surface area contributed by atoms with Crippen molar-refractivity contribution in [1.82, 2.24) is 15.6 Å². The lowest BCUT2D eigenvalue weighted by Gasteiger charge is -2.19. The fourth-order valence-corrected chi connectivity index (χ4v) is 1.08. The number of benzene rings is 1. The first-order valence-electron chi connectivity index (χ1n) is 5.26. The quantitative estimate of drug-likeness (QED) is 0.440. The smallest absolute Gasteiger partial charge is 0.116 e. The van der Waals surface area contributed by atoms with Crippen LogP contribution in [0, 0.1) is 0 Å². The van der Waals surface area contributed by atoms with Crippen LogP contribution in [0.25, 0.3) is 0 Å². The van der Waals surface area contributed by atoms with Crippen molar-refractivity contribution in [3.8, 4) is 0 Å². The molecule has 0 aliphatic heterocycles. The molecule has 1 aromatic rings. The molecule has 0 fully saturated rings. The molecular formula is C12H19N5. The van der Waals surface area contributed by atoms with Crippen LogP contribution in [0.3, 0.4) is 0 Å². The highest BCUT2D eigenvalue weighted by atomic mass is 15.4. The van der Waals surface area contributed by atoms with Crippen LogP contribution in [-0.2, 0) is 0 Å². The Hall–Kier alpha value is -2.30. The average Bonchev–Trinajstić information content (AvgIpc) is 2.34. The van der Waals surface area contributed by atoms with Gasteiger partial charge in [-0.2, -0.15) is 0 Å². The standard InChI is InChI=1S/C12H19N5/c1-10(17(3)9-8-14-2)15-16-12-6-4-11(13)5-7-12/h4-9,14-16H,1,13H2,2-3H3/b9-8-. The normalized spacial score (nSPS) is 10.0. The second-order valence-electron chi connectivity index (χ2n) is 3.53. The molecule has 0 unspecified atom stereocenters. The van der Waals surface area contributed by atoms with Crippen molar-refractivity contribution in [2.24, 2.45) is 0 Å². The van der Waals surface area contributed by atoms with Gasteiger partial charge >= 0.3 is 0 Å². The molecule has 0 saturated heterocycles. The van der Waals surface area contributed by atoms with E-state index in [2.05, 4.69) is 22.7 Å². The zero-order chi connectivity index (χ0) is 12.7. The Morgan fingerprint density at radius 3 is 2.59 bits per heavy atom. The SMILES string of the molecule is C=C(NNc1ccc(N)cc1)N(C)/C=C\NC. The van der Waals surface area contributed by atoms with E-state index in [4.69, 9.17) is 5.73 Å². The van der Waals surface area contributed by atoms with Gasteiger partial charge in [-0.15, -0.1) is 0 Å². The van der Waals surface area contributed by atoms with Gasteiger partial charge in [0.05, 0.1) is 5.69 Å². The molecule has 0 amide bonds. The molecule has 5 nitrogen and oxygen atoms in total. The van der Waals surface area contributed by atoms with Gasteiger partial charge in [0.15, 0.2) is 0 Å². The van der Waals surface area contributed by atoms with Crippen molar-refractivity contribution in [2.75, 3.05) is 25.3 Å². The first kappa shape index (κ1) is 12.8. The molecule has 0 spiro atoms. The van der Waals surface area contributed by atoms with E-state index in [-0.39, 0.29) is 0 Å². The maximum Gasteiger partial charge on any atom is 0.116 e. The molecule has 1 aromatic carbocycles. The number of rotatable bonds is 6. The Kier molecular flexibility index (Phi) is 4.75. The molecule has 17 heavy (non-hydrogen) atoms. The molecule has 5 N–H and O–H groups in total. The van der Waals surface area contributed by atoms with Crippen LogP contribution in [0.2, 0.25) is 0 Å². The number of nitrogens with one attached hydrogen (secondary N) is 3. The summed E-state index contributed by atoms with van der Waals surface area (Å²) in [6.07, 6.45) is 3.68. The van der Waals surface area contributed by atoms with Crippen LogP contribution >= 0.6 is 0 Å². The highest BCUT2D eigenvalue weighted by Crippen LogP contribution is 2.09. The number of hydrazine groups is 1. The molecule has 0 bridgehead atoms. The molecule has 0 aliphatic rings. The first-order valence-corrected chi connectivity index (χ1v) is 5.26. The summed E-state index contributed by atoms with van der Waals surface area (Å²) in [6, 6.07) is 7.44. The van der Waals surface area contributed by atoms with E-state index in [1.165, 1.54) is 0 Å². The molecule has 1 rings (SSSR count). The fourth-order valence-electron chi connectivity index (χ4n) is 1.08. The molecular weight excluding hydrogens is 214 g/mol. The van der Waals surface area contributed by atoms with Crippen LogP contribution in [0.15, 0.2) is 49.1 Å². The van der Waals surface area contributed by atoms with Crippen molar-refractivity contribution < 1.29 is 0 Å². The Labute approximate surface area is 102 Å². The van der Waals surface area contributed by atoms with Gasteiger partial charge in [0.25, 0.3) is 0 Å². The summed E-state index contributed by atoms with van der Waals surface area (Å²) < 4.78 is 0. The van der Waals surface area contributed by atoms with Crippen molar-refractivity contribution in [2.45, 2.75) is 0 Å². The van der Waals surface area contributed by atoms with Crippen LogP contribution in [0.1, 0.15) is 0 Å². The van der Waals surface area contributed by atoms with Gasteiger partial charge in [-0.25, -0.2) is 0 Å². The molecule has 0 aromatic heterocycles. The maximum atomic E-state index is 5.60. The lowest BCUT2D eigenvalue weighted by Crippen LogP contribution is -2.28. The van der Waals surface area contributed by atoms with Gasteiger partial charge in [-0.05, 0) is 24.3 Å². The molecule has 0 aliphatic carbocycles. The molecule has 0 radical (unpaired) electrons. The third-order valence-electron chi connectivity index (χ3n) is 2.15. The molecule has 0 heterocycles. The minimum absolute atomic E-state index is 0.730. The zero-order valence-electron chi connectivity index (χ0n) is 10.2. The van der Waals surface area contributed by atoms with Crippen LogP contribution in [-0.4, -0.2) is 19.0 Å². The third kappa shape index (κ3) is 4.38. The molecule has 5 heteroatoms. The monoisotopic (exact) mass is 233 g/mol. The minimum Gasteiger partial charge on any atom is -0.399 e. The Morgan fingerprint density at radius 2 is 2.00 bits per heavy atom. The van der Waals surface area contributed by atoms with Gasteiger partial charge in [-0.1, -0.05) is 6.58 Å². The summed E-state index contributed by atoms with van der Waals surface area (Å²) in [4.78, 5) is 1.85. The van der Waals surface area contributed by atoms with Gasteiger partial charge in [0.2, 0.25) is 0 Å². The predicted octanol–water partition coefficient (Wildman–Crippen LogP) is 1.28. The van der Waals surface area contributed by atoms with Crippen molar-refractivity contribution in [1.29, 1.82) is 0 Å². The van der Waals surface area contributed by atoms with E-state index in [1.54, 1.807) is 0 Å². The third-order valence-corrected chi connectivity index (χ3v) is 2.15. The second kappa shape index (κ2) is 6.32. The van der Waals surface area contributed by atoms with E-state index in [0.717, 1.165) is 17.2 Å². The highest BCUT2D eigenvalue weighted by Gasteiger charge is 1.96. The van der Waals surface area contributed by atoms with Gasteiger partial charge in [0, 0.05) is 32.2 Å². The number of nitrogen functional groups attached to an aromatic ring is 1. The van der Waals surface area contributed by atoms with E-state index in [9.17, 15) is 0 Å². The summed E-state index contributed by atoms with van der Waals surface area (Å²) >= 11 is 0. The Balaban J connectivity index is 2.42. The van der Waals surface area contributed by atoms with Crippen molar-refractivity contribution >= 4 is 11.4 Å². The van der Waals surface area contributed by atoms with Crippen molar-refractivity contribution in [3.05, 3.63) is 49.1 Å². The van der Waals surface area contributed by atoms with Gasteiger partial charge in [0.1, 0.15) is 5.82 Å². The predicted molar refractivity (Wildman–Crippen MR) is 72.7 cm³/mol. The topological polar surface area (TPSA) is 65.3 Å². The van der Waals surface area contributed by atoms with Crippen LogP contribution in [0.5, 0.6) is 0 Å². The summed E-state index contributed by atoms with van der Waals surface area (Å²) in [5.41, 5.74) is 13.3. The summed E-state index contributed by atoms with van der Waals surface area (Å²) in [7, 11) is 3.74. The first-order chi connectivity index (χ1) is 8.13. The largest absolute Gasteiger partial charge is 0.399 e.